The summed E-state index contributed by atoms with van der Waals surface area (Å²) in [6.07, 6.45) is 9.89. The number of fused-ring (bicyclic) bond motifs is 1. The maximum absolute atomic E-state index is 10.5. The molecule has 4 nitrogen and oxygen atoms in total. The van der Waals surface area contributed by atoms with E-state index in [2.05, 4.69) is 16.7 Å². The lowest BCUT2D eigenvalue weighted by Gasteiger charge is -2.00. The fraction of sp³-hybridized carbons (Fsp3) is 0.444. The summed E-state index contributed by atoms with van der Waals surface area (Å²) in [5, 5.41) is 1.22. The van der Waals surface area contributed by atoms with Gasteiger partial charge in [0, 0.05) is 25.3 Å². The number of ether oxygens (including phenoxy) is 2. The molecule has 0 amide bonds. The molecule has 1 aliphatic carbocycles. The van der Waals surface area contributed by atoms with Crippen molar-refractivity contribution in [3.8, 4) is 5.75 Å². The summed E-state index contributed by atoms with van der Waals surface area (Å²) in [7, 11) is 1.72. The summed E-state index contributed by atoms with van der Waals surface area (Å²) in [6.45, 7) is 1.96. The number of hydrogen-bond acceptors (Lipinski definition) is 4. The molecule has 1 fully saturated rings. The van der Waals surface area contributed by atoms with Gasteiger partial charge in [0.05, 0.1) is 0 Å². The Morgan fingerprint density at radius 1 is 1.35 bits per heavy atom. The van der Waals surface area contributed by atoms with Gasteiger partial charge in [-0.1, -0.05) is 30.3 Å². The summed E-state index contributed by atoms with van der Waals surface area (Å²) < 4.78 is 13.6. The van der Waals surface area contributed by atoms with E-state index in [1.165, 1.54) is 30.7 Å². The van der Waals surface area contributed by atoms with Gasteiger partial charge in [-0.2, -0.15) is 4.57 Å². The van der Waals surface area contributed by atoms with Gasteiger partial charge in [-0.3, -0.25) is 4.79 Å². The maximum Gasteiger partial charge on any atom is 0.298 e. The Balaban J connectivity index is 1.94. The highest BCUT2D eigenvalue weighted by Crippen LogP contribution is 2.29. The van der Waals surface area contributed by atoms with E-state index in [9.17, 15) is 4.79 Å². The molecule has 0 atom stereocenters. The average Bonchev–Trinajstić information content (AvgIpc) is 3.18. The zero-order valence-corrected chi connectivity index (χ0v) is 14.2. The van der Waals surface area contributed by atoms with Gasteiger partial charge in [0.2, 0.25) is 5.52 Å². The third kappa shape index (κ3) is 3.79. The van der Waals surface area contributed by atoms with Crippen LogP contribution in [-0.2, 0) is 16.1 Å². The van der Waals surface area contributed by atoms with Gasteiger partial charge in [0.25, 0.3) is 11.5 Å². The van der Waals surface area contributed by atoms with Crippen molar-refractivity contribution in [2.24, 2.45) is 5.92 Å². The molecule has 1 aromatic heterocycles. The third-order valence-electron chi connectivity index (χ3n) is 4.32. The van der Waals surface area contributed by atoms with Gasteiger partial charge in [-0.05, 0) is 24.8 Å². The predicted molar refractivity (Wildman–Crippen MR) is 91.6 cm³/mol. The minimum absolute atomic E-state index is 0.467. The first-order chi connectivity index (χ1) is 11.3. The van der Waals surface area contributed by atoms with Crippen LogP contribution in [0.2, 0.25) is 0 Å². The smallest absolute Gasteiger partial charge is 0.298 e. The molecule has 122 valence electrons. The van der Waals surface area contributed by atoms with E-state index in [-0.39, 0.29) is 0 Å². The quantitative estimate of drug-likeness (QED) is 0.575. The molecule has 23 heavy (non-hydrogen) atoms. The third-order valence-corrected chi connectivity index (χ3v) is 5.43. The summed E-state index contributed by atoms with van der Waals surface area (Å²) in [6, 6.07) is 5.76. The fourth-order valence-corrected chi connectivity index (χ4v) is 4.25. The first-order valence-corrected chi connectivity index (χ1v) is 8.87. The Bertz CT molecular complexity index is 702. The van der Waals surface area contributed by atoms with E-state index < -0.39 is 0 Å². The highest BCUT2D eigenvalue weighted by atomic mass is 32.1. The Morgan fingerprint density at radius 3 is 2.91 bits per heavy atom. The van der Waals surface area contributed by atoms with Crippen molar-refractivity contribution in [2.75, 3.05) is 13.7 Å². The Hall–Kier alpha value is -1.72. The van der Waals surface area contributed by atoms with Gasteiger partial charge in [0.1, 0.15) is 17.1 Å². The van der Waals surface area contributed by atoms with Crippen LogP contribution in [0.1, 0.15) is 30.7 Å². The van der Waals surface area contributed by atoms with Gasteiger partial charge in [0.15, 0.2) is 6.54 Å². The minimum Gasteiger partial charge on any atom is -0.429 e. The van der Waals surface area contributed by atoms with Crippen LogP contribution in [-0.4, -0.2) is 20.2 Å². The van der Waals surface area contributed by atoms with Crippen LogP contribution in [0.3, 0.4) is 0 Å². The number of methoxy groups -OCH3 is 1. The number of carbonyl (C=O) groups excluding carboxylic acids is 1. The van der Waals surface area contributed by atoms with E-state index >= 15 is 0 Å². The number of nitrogens with zero attached hydrogens (tertiary/aromatic N) is 1. The number of aromatic nitrogens is 1. The molecule has 0 aliphatic heterocycles. The molecule has 0 unspecified atom stereocenters. The van der Waals surface area contributed by atoms with Crippen molar-refractivity contribution in [1.82, 2.24) is 0 Å². The van der Waals surface area contributed by atoms with Crippen molar-refractivity contribution < 1.29 is 18.8 Å². The lowest BCUT2D eigenvalue weighted by atomic mass is 10.1. The monoisotopic (exact) mass is 332 g/mol. The first-order valence-electron chi connectivity index (χ1n) is 8.05. The van der Waals surface area contributed by atoms with Crippen molar-refractivity contribution in [1.29, 1.82) is 0 Å². The Morgan fingerprint density at radius 2 is 2.17 bits per heavy atom. The fourth-order valence-electron chi connectivity index (χ4n) is 3.12. The largest absolute Gasteiger partial charge is 0.429 e. The van der Waals surface area contributed by atoms with Crippen LogP contribution in [0.5, 0.6) is 5.75 Å². The zero-order chi connectivity index (χ0) is 16.1. The molecule has 0 radical (unpaired) electrons. The second-order valence-corrected chi connectivity index (χ2v) is 6.89. The molecule has 2 aromatic rings. The number of allylic oxidation sites excluding steroid dienone is 1. The molecule has 1 heterocycles. The van der Waals surface area contributed by atoms with Gasteiger partial charge in [-0.25, -0.2) is 0 Å². The molecule has 3 rings (SSSR count). The van der Waals surface area contributed by atoms with Crippen molar-refractivity contribution >= 4 is 34.1 Å². The second kappa shape index (κ2) is 7.70. The molecular formula is C18H22NO3S+. The maximum atomic E-state index is 10.5. The van der Waals surface area contributed by atoms with Crippen LogP contribution in [0.4, 0.5) is 0 Å². The standard InChI is InChI=1S/C18H22NO3S/c1-21-11-10-19-16-8-7-15(22-13-20)12-17(16)23-18(19)9-6-14-4-2-3-5-14/h6-9,12-14H,2-5,10-11H2,1H3/q+1/b9-6+. The van der Waals surface area contributed by atoms with Crippen LogP contribution in [0.25, 0.3) is 16.3 Å². The number of benzene rings is 1. The van der Waals surface area contributed by atoms with Crippen LogP contribution < -0.4 is 9.30 Å². The average molecular weight is 332 g/mol. The molecular weight excluding hydrogens is 310 g/mol. The van der Waals surface area contributed by atoms with Gasteiger partial charge < -0.3 is 9.47 Å². The Kier molecular flexibility index (Phi) is 5.41. The van der Waals surface area contributed by atoms with E-state index in [0.717, 1.165) is 16.8 Å². The van der Waals surface area contributed by atoms with E-state index in [4.69, 9.17) is 9.47 Å². The van der Waals surface area contributed by atoms with Gasteiger partial charge >= 0.3 is 0 Å². The number of rotatable bonds is 7. The van der Waals surface area contributed by atoms with E-state index in [1.54, 1.807) is 18.4 Å². The molecule has 0 N–H and O–H groups in total. The van der Waals surface area contributed by atoms with Crippen molar-refractivity contribution in [3.63, 3.8) is 0 Å². The van der Waals surface area contributed by atoms with Crippen LogP contribution in [0.15, 0.2) is 24.3 Å². The molecule has 1 aromatic carbocycles. The molecule has 0 saturated heterocycles. The topological polar surface area (TPSA) is 39.4 Å². The lowest BCUT2D eigenvalue weighted by Crippen LogP contribution is -2.37. The molecule has 5 heteroatoms. The summed E-state index contributed by atoms with van der Waals surface area (Å²) >= 11 is 1.72. The summed E-state index contributed by atoms with van der Waals surface area (Å²) in [5.41, 5.74) is 1.15. The predicted octanol–water partition coefficient (Wildman–Crippen LogP) is 3.57. The summed E-state index contributed by atoms with van der Waals surface area (Å²) in [5.74, 6) is 1.30. The number of hydrogen-bond donors (Lipinski definition) is 0. The van der Waals surface area contributed by atoms with Gasteiger partial charge in [-0.15, -0.1) is 0 Å². The SMILES string of the molecule is COCC[n+]1c(/C=C/C2CCCC2)sc2cc(OC=O)ccc21. The summed E-state index contributed by atoms with van der Waals surface area (Å²) in [4.78, 5) is 10.5. The van der Waals surface area contributed by atoms with Crippen molar-refractivity contribution in [3.05, 3.63) is 29.3 Å². The van der Waals surface area contributed by atoms with Crippen LogP contribution in [0, 0.1) is 5.92 Å². The van der Waals surface area contributed by atoms with E-state index in [1.807, 2.05) is 18.2 Å². The molecule has 1 aliphatic rings. The van der Waals surface area contributed by atoms with Crippen LogP contribution >= 0.6 is 11.3 Å². The van der Waals surface area contributed by atoms with E-state index in [0.29, 0.717) is 24.7 Å². The highest BCUT2D eigenvalue weighted by Gasteiger charge is 2.20. The number of thiazole rings is 1. The minimum atomic E-state index is 0.467. The zero-order valence-electron chi connectivity index (χ0n) is 13.4. The molecule has 1 saturated carbocycles. The molecule has 0 bridgehead atoms. The normalized spacial score (nSPS) is 15.7. The highest BCUT2D eigenvalue weighted by molar-refractivity contribution is 7.18. The lowest BCUT2D eigenvalue weighted by molar-refractivity contribution is -0.670. The second-order valence-electron chi connectivity index (χ2n) is 5.83. The number of carbonyl (C=O) groups is 1. The first kappa shape index (κ1) is 16.1. The Labute approximate surface area is 140 Å². The molecule has 0 spiro atoms. The van der Waals surface area contributed by atoms with Crippen molar-refractivity contribution in [2.45, 2.75) is 32.2 Å².